The molecule has 0 spiro atoms. The van der Waals surface area contributed by atoms with E-state index in [4.69, 9.17) is 9.47 Å². The molecule has 7 nitrogen and oxygen atoms in total. The third-order valence-electron chi connectivity index (χ3n) is 4.15. The Bertz CT molecular complexity index is 791. The van der Waals surface area contributed by atoms with Crippen LogP contribution in [-0.4, -0.2) is 56.7 Å². The number of carbonyl (C=O) groups excluding carboxylic acids is 3. The molecule has 0 fully saturated rings. The Labute approximate surface area is 158 Å². The Morgan fingerprint density at radius 3 is 2.33 bits per heavy atom. The van der Waals surface area contributed by atoms with Gasteiger partial charge >= 0.3 is 11.9 Å². The summed E-state index contributed by atoms with van der Waals surface area (Å²) in [6.45, 7) is 4.31. The first-order valence-corrected chi connectivity index (χ1v) is 8.53. The van der Waals surface area contributed by atoms with Crippen LogP contribution in [0.4, 0.5) is 0 Å². The molecular formula is C20H23NO6. The van der Waals surface area contributed by atoms with Crippen LogP contribution in [0, 0.1) is 0 Å². The average Bonchev–Trinajstić information content (AvgIpc) is 2.90. The number of hydrogen-bond acceptors (Lipinski definition) is 6. The molecule has 0 aromatic heterocycles. The van der Waals surface area contributed by atoms with E-state index in [1.165, 1.54) is 12.0 Å². The number of carbonyl (C=O) groups is 3. The topological polar surface area (TPSA) is 82.1 Å². The fourth-order valence-corrected chi connectivity index (χ4v) is 2.78. The van der Waals surface area contributed by atoms with Gasteiger partial charge in [-0.25, -0.2) is 9.59 Å². The summed E-state index contributed by atoms with van der Waals surface area (Å²) in [6, 6.07) is 6.56. The Balaban J connectivity index is 2.41. The van der Waals surface area contributed by atoms with E-state index >= 15 is 0 Å². The van der Waals surface area contributed by atoms with Crippen LogP contribution in [0.25, 0.3) is 6.08 Å². The van der Waals surface area contributed by atoms with Crippen molar-refractivity contribution in [3.8, 4) is 0 Å². The second-order valence-corrected chi connectivity index (χ2v) is 5.80. The predicted molar refractivity (Wildman–Crippen MR) is 98.7 cm³/mol. The molecule has 7 heteroatoms. The number of ether oxygens (including phenoxy) is 3. The number of hydrogen-bond donors (Lipinski definition) is 0. The van der Waals surface area contributed by atoms with Gasteiger partial charge in [0.05, 0.1) is 37.0 Å². The van der Waals surface area contributed by atoms with Gasteiger partial charge < -0.3 is 19.1 Å². The van der Waals surface area contributed by atoms with Gasteiger partial charge in [-0.1, -0.05) is 12.1 Å². The fourth-order valence-electron chi connectivity index (χ4n) is 2.78. The molecule has 0 aliphatic carbocycles. The van der Waals surface area contributed by atoms with Gasteiger partial charge in [0, 0.05) is 19.4 Å². The molecule has 1 amide bonds. The summed E-state index contributed by atoms with van der Waals surface area (Å²) >= 11 is 0. The van der Waals surface area contributed by atoms with Gasteiger partial charge in [0.2, 0.25) is 0 Å². The first kappa shape index (κ1) is 20.4. The lowest BCUT2D eigenvalue weighted by Gasteiger charge is -2.16. The van der Waals surface area contributed by atoms with Crippen LogP contribution >= 0.6 is 0 Å². The maximum Gasteiger partial charge on any atom is 0.340 e. The van der Waals surface area contributed by atoms with Crippen molar-refractivity contribution in [3.63, 3.8) is 0 Å². The first-order chi connectivity index (χ1) is 12.9. The van der Waals surface area contributed by atoms with Gasteiger partial charge in [-0.05, 0) is 37.6 Å². The lowest BCUT2D eigenvalue weighted by molar-refractivity contribution is -0.138. The minimum atomic E-state index is -0.541. The van der Waals surface area contributed by atoms with Crippen LogP contribution in [0.15, 0.2) is 41.1 Å². The number of amides is 1. The van der Waals surface area contributed by atoms with Gasteiger partial charge in [0.25, 0.3) is 5.91 Å². The molecule has 144 valence electrons. The van der Waals surface area contributed by atoms with Gasteiger partial charge in [-0.2, -0.15) is 0 Å². The normalized spacial score (nSPS) is 15.5. The fraction of sp³-hybridized carbons (Fsp3) is 0.350. The van der Waals surface area contributed by atoms with E-state index in [0.717, 1.165) is 0 Å². The van der Waals surface area contributed by atoms with Crippen LogP contribution in [-0.2, 0) is 23.8 Å². The van der Waals surface area contributed by atoms with E-state index in [9.17, 15) is 14.4 Å². The van der Waals surface area contributed by atoms with Crippen LogP contribution < -0.4 is 0 Å². The van der Waals surface area contributed by atoms with Crippen molar-refractivity contribution >= 4 is 23.9 Å². The van der Waals surface area contributed by atoms with Gasteiger partial charge in [-0.15, -0.1) is 0 Å². The summed E-state index contributed by atoms with van der Waals surface area (Å²) < 4.78 is 14.8. The molecule has 0 unspecified atom stereocenters. The van der Waals surface area contributed by atoms with Crippen molar-refractivity contribution in [2.24, 2.45) is 0 Å². The SMILES string of the molecule is CCOC(=O)C1=C(C)N(CCOC)C(=O)/C1=C/c1ccc(C(=O)OC)cc1. The predicted octanol–water partition coefficient (Wildman–Crippen LogP) is 2.18. The maximum absolute atomic E-state index is 12.8. The molecule has 0 saturated carbocycles. The van der Waals surface area contributed by atoms with Crippen molar-refractivity contribution in [3.05, 3.63) is 52.2 Å². The van der Waals surface area contributed by atoms with Crippen molar-refractivity contribution in [2.45, 2.75) is 13.8 Å². The molecule has 0 atom stereocenters. The van der Waals surface area contributed by atoms with Crippen LogP contribution in [0.3, 0.4) is 0 Å². The monoisotopic (exact) mass is 373 g/mol. The zero-order chi connectivity index (χ0) is 20.0. The van der Waals surface area contributed by atoms with E-state index in [1.54, 1.807) is 51.3 Å². The van der Waals surface area contributed by atoms with Crippen molar-refractivity contribution in [2.75, 3.05) is 34.0 Å². The van der Waals surface area contributed by atoms with E-state index in [-0.39, 0.29) is 23.7 Å². The highest BCUT2D eigenvalue weighted by Gasteiger charge is 2.36. The molecule has 1 aromatic rings. The van der Waals surface area contributed by atoms with Crippen LogP contribution in [0.5, 0.6) is 0 Å². The number of benzene rings is 1. The summed E-state index contributed by atoms with van der Waals surface area (Å²) in [5, 5.41) is 0. The molecule has 1 aliphatic heterocycles. The summed E-state index contributed by atoms with van der Waals surface area (Å²) in [5.41, 5.74) is 2.11. The Morgan fingerprint density at radius 2 is 1.78 bits per heavy atom. The molecule has 2 rings (SSSR count). The molecule has 1 aliphatic rings. The Hall–Kier alpha value is -2.93. The molecule has 0 radical (unpaired) electrons. The summed E-state index contributed by atoms with van der Waals surface area (Å²) in [4.78, 5) is 38.3. The number of rotatable bonds is 7. The maximum atomic E-state index is 12.8. The smallest absolute Gasteiger partial charge is 0.340 e. The quantitative estimate of drug-likeness (QED) is 0.538. The highest BCUT2D eigenvalue weighted by Crippen LogP contribution is 2.31. The Kier molecular flexibility index (Phi) is 6.90. The number of methoxy groups -OCH3 is 2. The average molecular weight is 373 g/mol. The lowest BCUT2D eigenvalue weighted by atomic mass is 10.0. The van der Waals surface area contributed by atoms with Crippen LogP contribution in [0.1, 0.15) is 29.8 Å². The molecule has 1 aromatic carbocycles. The Morgan fingerprint density at radius 1 is 1.11 bits per heavy atom. The second-order valence-electron chi connectivity index (χ2n) is 5.80. The summed E-state index contributed by atoms with van der Waals surface area (Å²) in [7, 11) is 2.86. The van der Waals surface area contributed by atoms with Gasteiger partial charge in [-0.3, -0.25) is 4.79 Å². The molecule has 0 saturated heterocycles. The van der Waals surface area contributed by atoms with Crippen molar-refractivity contribution < 1.29 is 28.6 Å². The van der Waals surface area contributed by atoms with E-state index < -0.39 is 11.9 Å². The largest absolute Gasteiger partial charge is 0.465 e. The lowest BCUT2D eigenvalue weighted by Crippen LogP contribution is -2.28. The first-order valence-electron chi connectivity index (χ1n) is 8.53. The van der Waals surface area contributed by atoms with Crippen molar-refractivity contribution in [1.29, 1.82) is 0 Å². The molecule has 0 bridgehead atoms. The third kappa shape index (κ3) is 4.43. The summed E-state index contributed by atoms with van der Waals surface area (Å²) in [6.07, 6.45) is 1.62. The highest BCUT2D eigenvalue weighted by molar-refractivity contribution is 6.16. The standard InChI is InChI=1S/C20H23NO6/c1-5-27-20(24)17-13(2)21(10-11-25-3)18(22)16(17)12-14-6-8-15(9-7-14)19(23)26-4/h6-9,12H,5,10-11H2,1-4H3/b16-12+. The molecule has 1 heterocycles. The zero-order valence-corrected chi connectivity index (χ0v) is 15.9. The third-order valence-corrected chi connectivity index (χ3v) is 4.15. The number of allylic oxidation sites excluding steroid dienone is 1. The minimum absolute atomic E-state index is 0.211. The van der Waals surface area contributed by atoms with Gasteiger partial charge in [0.1, 0.15) is 0 Å². The van der Waals surface area contributed by atoms with E-state index in [1.807, 2.05) is 0 Å². The van der Waals surface area contributed by atoms with E-state index in [2.05, 4.69) is 4.74 Å². The number of nitrogens with zero attached hydrogens (tertiary/aromatic N) is 1. The second kappa shape index (κ2) is 9.14. The highest BCUT2D eigenvalue weighted by atomic mass is 16.5. The minimum Gasteiger partial charge on any atom is -0.465 e. The molecule has 27 heavy (non-hydrogen) atoms. The number of esters is 2. The van der Waals surface area contributed by atoms with Gasteiger partial charge in [0.15, 0.2) is 0 Å². The van der Waals surface area contributed by atoms with Crippen molar-refractivity contribution in [1.82, 2.24) is 4.90 Å². The van der Waals surface area contributed by atoms with Crippen LogP contribution in [0.2, 0.25) is 0 Å². The molecule has 0 N–H and O–H groups in total. The zero-order valence-electron chi connectivity index (χ0n) is 15.9. The molecular weight excluding hydrogens is 350 g/mol. The summed E-state index contributed by atoms with van der Waals surface area (Å²) in [5.74, 6) is -1.27. The van der Waals surface area contributed by atoms with E-state index in [0.29, 0.717) is 30.0 Å².